The van der Waals surface area contributed by atoms with Crippen LogP contribution in [0.15, 0.2) is 10.6 Å². The molecular weight excluding hydrogens is 322 g/mol. The van der Waals surface area contributed by atoms with Gasteiger partial charge >= 0.3 is 5.97 Å². The van der Waals surface area contributed by atoms with Crippen molar-refractivity contribution in [2.75, 3.05) is 0 Å². The maximum absolute atomic E-state index is 12.9. The van der Waals surface area contributed by atoms with Crippen LogP contribution in [-0.4, -0.2) is 33.2 Å². The minimum atomic E-state index is -0.988. The normalized spacial score (nSPS) is 18.5. The van der Waals surface area contributed by atoms with Crippen LogP contribution >= 0.6 is 0 Å². The molecule has 0 spiro atoms. The van der Waals surface area contributed by atoms with Crippen molar-refractivity contribution >= 4 is 23.0 Å². The van der Waals surface area contributed by atoms with E-state index in [0.717, 1.165) is 31.4 Å². The highest BCUT2D eigenvalue weighted by atomic mass is 16.5. The van der Waals surface area contributed by atoms with Gasteiger partial charge in [0.05, 0.1) is 16.6 Å². The van der Waals surface area contributed by atoms with Crippen LogP contribution < -0.4 is 5.32 Å². The van der Waals surface area contributed by atoms with E-state index in [4.69, 9.17) is 4.52 Å². The Kier molecular flexibility index (Phi) is 3.74. The van der Waals surface area contributed by atoms with Gasteiger partial charge in [-0.25, -0.2) is 9.78 Å². The second-order valence-corrected chi connectivity index (χ2v) is 7.40. The molecule has 2 fully saturated rings. The van der Waals surface area contributed by atoms with Gasteiger partial charge in [0.25, 0.3) is 11.6 Å². The molecule has 0 aliphatic heterocycles. The van der Waals surface area contributed by atoms with Crippen LogP contribution in [0.4, 0.5) is 0 Å². The Labute approximate surface area is 144 Å². The van der Waals surface area contributed by atoms with Gasteiger partial charge in [0.2, 0.25) is 0 Å². The van der Waals surface area contributed by atoms with Crippen molar-refractivity contribution in [2.45, 2.75) is 57.4 Å². The summed E-state index contributed by atoms with van der Waals surface area (Å²) in [6.45, 7) is 3.94. The Morgan fingerprint density at radius 3 is 2.56 bits per heavy atom. The smallest absolute Gasteiger partial charge is 0.326 e. The molecule has 0 bridgehead atoms. The van der Waals surface area contributed by atoms with Crippen molar-refractivity contribution in [3.8, 4) is 0 Å². The molecule has 2 N–H and O–H groups in total. The number of carboxylic acids is 1. The molecule has 0 radical (unpaired) electrons. The number of hydrogen-bond acceptors (Lipinski definition) is 5. The Morgan fingerprint density at radius 2 is 2.00 bits per heavy atom. The topological polar surface area (TPSA) is 105 Å². The van der Waals surface area contributed by atoms with E-state index in [1.165, 1.54) is 0 Å². The van der Waals surface area contributed by atoms with E-state index in [1.54, 1.807) is 6.07 Å². The number of aliphatic carboxylic acids is 1. The summed E-state index contributed by atoms with van der Waals surface area (Å²) < 4.78 is 5.37. The van der Waals surface area contributed by atoms with Crippen molar-refractivity contribution in [3.63, 3.8) is 0 Å². The minimum absolute atomic E-state index is 0.0220. The lowest BCUT2D eigenvalue weighted by atomic mass is 10.0. The molecule has 4 rings (SSSR count). The molecule has 1 atom stereocenters. The molecule has 2 aromatic rings. The summed E-state index contributed by atoms with van der Waals surface area (Å²) in [4.78, 5) is 28.9. The first-order valence-corrected chi connectivity index (χ1v) is 8.79. The molecule has 0 saturated heterocycles. The number of carbonyl (C=O) groups excluding carboxylic acids is 1. The van der Waals surface area contributed by atoms with Gasteiger partial charge in [-0.05, 0) is 43.6 Å². The second-order valence-electron chi connectivity index (χ2n) is 7.40. The lowest BCUT2D eigenvalue weighted by molar-refractivity contribution is -0.139. The molecule has 132 valence electrons. The van der Waals surface area contributed by atoms with E-state index in [-0.39, 0.29) is 11.8 Å². The zero-order valence-electron chi connectivity index (χ0n) is 14.3. The Balaban J connectivity index is 1.76. The summed E-state index contributed by atoms with van der Waals surface area (Å²) in [5.74, 6) is -0.937. The number of carbonyl (C=O) groups is 2. The molecule has 2 aliphatic rings. The van der Waals surface area contributed by atoms with Gasteiger partial charge in [0, 0.05) is 11.6 Å². The van der Waals surface area contributed by atoms with Crippen molar-refractivity contribution in [3.05, 3.63) is 23.0 Å². The fourth-order valence-corrected chi connectivity index (χ4v) is 3.18. The van der Waals surface area contributed by atoms with E-state index >= 15 is 0 Å². The van der Waals surface area contributed by atoms with Gasteiger partial charge in [-0.2, -0.15) is 0 Å². The molecule has 2 heterocycles. The standard InChI is InChI=1S/C18H21N3O4/c1-8(2)14-13-11(16(22)20-15(18(23)24)10-5-6-10)7-12(9-3-4-9)19-17(13)25-21-14/h7-10,15H,3-6H2,1-2H3,(H,20,22)(H,23,24). The Bertz CT molecular complexity index is 849. The largest absolute Gasteiger partial charge is 0.480 e. The molecule has 0 aromatic carbocycles. The van der Waals surface area contributed by atoms with Gasteiger partial charge in [0.1, 0.15) is 6.04 Å². The molecular formula is C18H21N3O4. The first-order chi connectivity index (χ1) is 12.0. The molecule has 7 nitrogen and oxygen atoms in total. The predicted molar refractivity (Wildman–Crippen MR) is 89.5 cm³/mol. The molecule has 2 aliphatic carbocycles. The first-order valence-electron chi connectivity index (χ1n) is 8.79. The molecule has 2 saturated carbocycles. The van der Waals surface area contributed by atoms with Crippen molar-refractivity contribution in [2.24, 2.45) is 5.92 Å². The maximum Gasteiger partial charge on any atom is 0.326 e. The summed E-state index contributed by atoms with van der Waals surface area (Å²) in [6.07, 6.45) is 3.76. The van der Waals surface area contributed by atoms with Gasteiger partial charge < -0.3 is 14.9 Å². The SMILES string of the molecule is CC(C)c1noc2nc(C3CC3)cc(C(=O)NC(C(=O)O)C3CC3)c12. The van der Waals surface area contributed by atoms with Crippen LogP contribution in [-0.2, 0) is 4.79 Å². The fraction of sp³-hybridized carbons (Fsp3) is 0.556. The zero-order chi connectivity index (χ0) is 17.7. The van der Waals surface area contributed by atoms with Crippen LogP contribution in [0.25, 0.3) is 11.1 Å². The van der Waals surface area contributed by atoms with Crippen LogP contribution in [0.1, 0.15) is 73.1 Å². The molecule has 1 amide bonds. The fourth-order valence-electron chi connectivity index (χ4n) is 3.18. The summed E-state index contributed by atoms with van der Waals surface area (Å²) >= 11 is 0. The van der Waals surface area contributed by atoms with Crippen LogP contribution in [0.5, 0.6) is 0 Å². The van der Waals surface area contributed by atoms with Crippen molar-refractivity contribution < 1.29 is 19.2 Å². The lowest BCUT2D eigenvalue weighted by Crippen LogP contribution is -2.42. The second kappa shape index (κ2) is 5.82. The van der Waals surface area contributed by atoms with Crippen molar-refractivity contribution in [1.29, 1.82) is 0 Å². The number of pyridine rings is 1. The van der Waals surface area contributed by atoms with E-state index < -0.39 is 17.9 Å². The van der Waals surface area contributed by atoms with Gasteiger partial charge in [-0.1, -0.05) is 19.0 Å². The van der Waals surface area contributed by atoms with Crippen LogP contribution in [0, 0.1) is 5.92 Å². The highest BCUT2D eigenvalue weighted by molar-refractivity contribution is 6.07. The minimum Gasteiger partial charge on any atom is -0.480 e. The van der Waals surface area contributed by atoms with E-state index in [2.05, 4.69) is 15.5 Å². The molecule has 25 heavy (non-hydrogen) atoms. The summed E-state index contributed by atoms with van der Waals surface area (Å²) in [5, 5.41) is 16.8. The molecule has 2 aromatic heterocycles. The van der Waals surface area contributed by atoms with E-state index in [0.29, 0.717) is 28.3 Å². The Morgan fingerprint density at radius 1 is 1.28 bits per heavy atom. The highest BCUT2D eigenvalue weighted by Gasteiger charge is 2.38. The van der Waals surface area contributed by atoms with Crippen LogP contribution in [0.3, 0.4) is 0 Å². The first kappa shape index (κ1) is 16.1. The quantitative estimate of drug-likeness (QED) is 0.835. The summed E-state index contributed by atoms with van der Waals surface area (Å²) in [6, 6.07) is 0.937. The number of hydrogen-bond donors (Lipinski definition) is 2. The summed E-state index contributed by atoms with van der Waals surface area (Å²) in [5.41, 5.74) is 2.27. The number of carboxylic acid groups (broad SMARTS) is 1. The third kappa shape index (κ3) is 2.99. The average Bonchev–Trinajstić information content (AvgIpc) is 3.47. The van der Waals surface area contributed by atoms with Crippen molar-refractivity contribution in [1.82, 2.24) is 15.5 Å². The third-order valence-corrected chi connectivity index (χ3v) is 4.93. The van der Waals surface area contributed by atoms with E-state index in [9.17, 15) is 14.7 Å². The zero-order valence-corrected chi connectivity index (χ0v) is 14.3. The number of nitrogens with zero attached hydrogens (tertiary/aromatic N) is 2. The lowest BCUT2D eigenvalue weighted by Gasteiger charge is -2.15. The van der Waals surface area contributed by atoms with Gasteiger partial charge in [-0.3, -0.25) is 4.79 Å². The predicted octanol–water partition coefficient (Wildman–Crippen LogP) is 2.82. The number of fused-ring (bicyclic) bond motifs is 1. The number of nitrogens with one attached hydrogen (secondary N) is 1. The molecule has 1 unspecified atom stereocenters. The third-order valence-electron chi connectivity index (χ3n) is 4.93. The van der Waals surface area contributed by atoms with Gasteiger partial charge in [-0.15, -0.1) is 0 Å². The number of rotatable bonds is 6. The monoisotopic (exact) mass is 343 g/mol. The van der Waals surface area contributed by atoms with Crippen LogP contribution in [0.2, 0.25) is 0 Å². The summed E-state index contributed by atoms with van der Waals surface area (Å²) in [7, 11) is 0. The average molecular weight is 343 g/mol. The van der Waals surface area contributed by atoms with E-state index in [1.807, 2.05) is 13.8 Å². The Hall–Kier alpha value is -2.44. The highest BCUT2D eigenvalue weighted by Crippen LogP contribution is 2.41. The van der Waals surface area contributed by atoms with Gasteiger partial charge in [0.15, 0.2) is 0 Å². The molecule has 7 heteroatoms. The maximum atomic E-state index is 12.9. The number of amides is 1. The number of aromatic nitrogens is 2.